The van der Waals surface area contributed by atoms with Crippen molar-refractivity contribution in [2.24, 2.45) is 0 Å². The van der Waals surface area contributed by atoms with Crippen LogP contribution in [0.1, 0.15) is 5.69 Å². The van der Waals surface area contributed by atoms with Crippen molar-refractivity contribution in [1.82, 2.24) is 10.2 Å². The Bertz CT molecular complexity index is 1180. The SMILES string of the molecule is Ic1ccc2[nH]nc(C[P+](c3ccccc3)(c3ccccc3)c3ccccc3)c2c1.[Br-]. The summed E-state index contributed by atoms with van der Waals surface area (Å²) in [5, 5.41) is 13.4. The van der Waals surface area contributed by atoms with Gasteiger partial charge in [-0.1, -0.05) is 54.6 Å². The Balaban J connectivity index is 0.00000231. The molecule has 4 aromatic carbocycles. The third-order valence-corrected chi connectivity index (χ3v) is 10.6. The second kappa shape index (κ2) is 9.64. The lowest BCUT2D eigenvalue weighted by atomic mass is 10.2. The van der Waals surface area contributed by atoms with Crippen LogP contribution >= 0.6 is 29.9 Å². The first-order valence-corrected chi connectivity index (χ1v) is 13.0. The minimum atomic E-state index is -1.95. The zero-order chi connectivity index (χ0) is 20.4. The average molecular weight is 599 g/mol. The molecule has 0 saturated carbocycles. The Hall–Kier alpha value is -2.01. The zero-order valence-electron chi connectivity index (χ0n) is 16.7. The highest BCUT2D eigenvalue weighted by atomic mass is 127. The van der Waals surface area contributed by atoms with Gasteiger partial charge in [-0.15, -0.1) is 0 Å². The van der Waals surface area contributed by atoms with Gasteiger partial charge in [0.2, 0.25) is 0 Å². The van der Waals surface area contributed by atoms with Gasteiger partial charge in [-0.25, -0.2) is 0 Å². The molecule has 0 unspecified atom stereocenters. The molecule has 0 amide bonds. The molecule has 0 aliphatic carbocycles. The molecule has 0 aliphatic heterocycles. The van der Waals surface area contributed by atoms with E-state index in [0.29, 0.717) is 0 Å². The summed E-state index contributed by atoms with van der Waals surface area (Å²) in [6, 6.07) is 39.4. The Morgan fingerprint density at radius 2 is 1.16 bits per heavy atom. The lowest BCUT2D eigenvalue weighted by Gasteiger charge is -2.27. The van der Waals surface area contributed by atoms with Crippen molar-refractivity contribution >= 4 is 56.7 Å². The average Bonchev–Trinajstić information content (AvgIpc) is 3.21. The summed E-state index contributed by atoms with van der Waals surface area (Å²) in [5.41, 5.74) is 2.23. The first kappa shape index (κ1) is 22.2. The Labute approximate surface area is 207 Å². The van der Waals surface area contributed by atoms with Gasteiger partial charge in [-0.05, 0) is 77.2 Å². The number of aromatic nitrogens is 2. The Kier molecular flexibility index (Phi) is 6.90. The van der Waals surface area contributed by atoms with Gasteiger partial charge < -0.3 is 17.0 Å². The normalized spacial score (nSPS) is 11.3. The minimum absolute atomic E-state index is 0. The number of aromatic amines is 1. The van der Waals surface area contributed by atoms with E-state index in [1.165, 1.54) is 24.9 Å². The predicted octanol–water partition coefficient (Wildman–Crippen LogP) is 2.67. The standard InChI is InChI=1S/C26H21IN2P.BrH/c27-20-16-17-25-24(18-20)26(29-28-25)19-30(21-10-4-1-5-11-21,22-12-6-2-7-13-22)23-14-8-3-9-15-23;/h1-18H,19H2,(H,28,29);1H/q+1;/p-1. The van der Waals surface area contributed by atoms with E-state index in [9.17, 15) is 0 Å². The van der Waals surface area contributed by atoms with Crippen LogP contribution in [0.25, 0.3) is 10.9 Å². The number of benzene rings is 4. The molecule has 0 saturated heterocycles. The summed E-state index contributed by atoms with van der Waals surface area (Å²) in [7, 11) is -1.95. The first-order valence-electron chi connectivity index (χ1n) is 9.95. The highest BCUT2D eigenvalue weighted by Crippen LogP contribution is 2.58. The molecule has 0 radical (unpaired) electrons. The Morgan fingerprint density at radius 3 is 1.65 bits per heavy atom. The number of hydrogen-bond donors (Lipinski definition) is 1. The maximum atomic E-state index is 4.80. The van der Waals surface area contributed by atoms with Gasteiger partial charge in [0.25, 0.3) is 0 Å². The molecule has 0 bridgehead atoms. The molecule has 154 valence electrons. The number of nitrogens with one attached hydrogen (secondary N) is 1. The fourth-order valence-corrected chi connectivity index (χ4v) is 8.82. The number of halogens is 2. The lowest BCUT2D eigenvalue weighted by molar-refractivity contribution is -0.00000573. The molecule has 0 aliphatic rings. The van der Waals surface area contributed by atoms with E-state index in [1.807, 2.05) is 0 Å². The third-order valence-electron chi connectivity index (χ3n) is 5.58. The number of hydrogen-bond acceptors (Lipinski definition) is 1. The van der Waals surface area contributed by atoms with E-state index in [-0.39, 0.29) is 17.0 Å². The van der Waals surface area contributed by atoms with E-state index in [2.05, 4.69) is 137 Å². The Morgan fingerprint density at radius 1 is 0.677 bits per heavy atom. The van der Waals surface area contributed by atoms with Crippen LogP contribution in [0.15, 0.2) is 109 Å². The first-order chi connectivity index (χ1) is 14.8. The van der Waals surface area contributed by atoms with Crippen LogP contribution in [0.5, 0.6) is 0 Å². The largest absolute Gasteiger partial charge is 1.00 e. The number of rotatable bonds is 5. The van der Waals surface area contributed by atoms with Gasteiger partial charge in [0.1, 0.15) is 35.0 Å². The van der Waals surface area contributed by atoms with Crippen molar-refractivity contribution in [2.75, 3.05) is 0 Å². The maximum Gasteiger partial charge on any atom is 0.118 e. The van der Waals surface area contributed by atoms with Crippen molar-refractivity contribution < 1.29 is 17.0 Å². The number of nitrogens with zero attached hydrogens (tertiary/aromatic N) is 1. The van der Waals surface area contributed by atoms with Crippen molar-refractivity contribution in [1.29, 1.82) is 0 Å². The lowest BCUT2D eigenvalue weighted by Crippen LogP contribution is -3.00. The highest BCUT2D eigenvalue weighted by molar-refractivity contribution is 14.1. The van der Waals surface area contributed by atoms with E-state index < -0.39 is 7.26 Å². The quantitative estimate of drug-likeness (QED) is 0.245. The van der Waals surface area contributed by atoms with Gasteiger partial charge in [0.15, 0.2) is 0 Å². The summed E-state index contributed by atoms with van der Waals surface area (Å²) >= 11 is 2.38. The van der Waals surface area contributed by atoms with E-state index in [0.717, 1.165) is 17.4 Å². The molecule has 5 rings (SSSR count). The molecule has 5 heteroatoms. The minimum Gasteiger partial charge on any atom is -1.00 e. The van der Waals surface area contributed by atoms with E-state index >= 15 is 0 Å². The molecular formula is C26H21BrIN2P. The summed E-state index contributed by atoms with van der Waals surface area (Å²) in [6.07, 6.45) is 0.880. The maximum absolute atomic E-state index is 4.80. The summed E-state index contributed by atoms with van der Waals surface area (Å²) in [5.74, 6) is 0. The van der Waals surface area contributed by atoms with Gasteiger partial charge >= 0.3 is 0 Å². The predicted molar refractivity (Wildman–Crippen MR) is 138 cm³/mol. The van der Waals surface area contributed by atoms with Gasteiger partial charge in [0.05, 0.1) is 5.52 Å². The van der Waals surface area contributed by atoms with E-state index in [4.69, 9.17) is 5.10 Å². The van der Waals surface area contributed by atoms with Gasteiger partial charge in [-0.3, -0.25) is 5.10 Å². The van der Waals surface area contributed by atoms with Gasteiger partial charge in [0, 0.05) is 8.96 Å². The van der Waals surface area contributed by atoms with Crippen LogP contribution in [0.4, 0.5) is 0 Å². The zero-order valence-corrected chi connectivity index (χ0v) is 21.4. The van der Waals surface area contributed by atoms with Crippen LogP contribution < -0.4 is 32.9 Å². The monoisotopic (exact) mass is 598 g/mol. The van der Waals surface area contributed by atoms with Crippen molar-refractivity contribution in [2.45, 2.75) is 6.16 Å². The van der Waals surface area contributed by atoms with Gasteiger partial charge in [-0.2, -0.15) is 5.10 Å². The molecule has 1 N–H and O–H groups in total. The van der Waals surface area contributed by atoms with Crippen molar-refractivity contribution in [3.8, 4) is 0 Å². The van der Waals surface area contributed by atoms with Crippen molar-refractivity contribution in [3.05, 3.63) is 118 Å². The van der Waals surface area contributed by atoms with Crippen LogP contribution in [0, 0.1) is 3.57 Å². The molecular weight excluding hydrogens is 578 g/mol. The fraction of sp³-hybridized carbons (Fsp3) is 0.0385. The second-order valence-electron chi connectivity index (χ2n) is 7.33. The topological polar surface area (TPSA) is 28.7 Å². The van der Waals surface area contributed by atoms with Crippen LogP contribution in [0.2, 0.25) is 0 Å². The molecule has 5 aromatic rings. The number of H-pyrrole nitrogens is 1. The molecule has 2 nitrogen and oxygen atoms in total. The van der Waals surface area contributed by atoms with Crippen molar-refractivity contribution in [3.63, 3.8) is 0 Å². The van der Waals surface area contributed by atoms with Crippen LogP contribution in [-0.2, 0) is 6.16 Å². The fourth-order valence-electron chi connectivity index (χ4n) is 4.15. The van der Waals surface area contributed by atoms with Crippen LogP contribution in [-0.4, -0.2) is 10.2 Å². The summed E-state index contributed by atoms with van der Waals surface area (Å²) in [4.78, 5) is 0. The van der Waals surface area contributed by atoms with Crippen LogP contribution in [0.3, 0.4) is 0 Å². The molecule has 0 fully saturated rings. The molecule has 31 heavy (non-hydrogen) atoms. The molecule has 1 heterocycles. The third kappa shape index (κ3) is 4.21. The summed E-state index contributed by atoms with van der Waals surface area (Å²) < 4.78 is 1.23. The second-order valence-corrected chi connectivity index (χ2v) is 12.1. The highest BCUT2D eigenvalue weighted by Gasteiger charge is 2.46. The molecule has 0 spiro atoms. The summed E-state index contributed by atoms with van der Waals surface area (Å²) in [6.45, 7) is 0. The smallest absolute Gasteiger partial charge is 0.118 e. The molecule has 1 aromatic heterocycles. The number of fused-ring (bicyclic) bond motifs is 1. The molecule has 0 atom stereocenters. The van der Waals surface area contributed by atoms with E-state index in [1.54, 1.807) is 0 Å².